The Morgan fingerprint density at radius 1 is 1.21 bits per heavy atom. The molecule has 0 amide bonds. The van der Waals surface area contributed by atoms with Crippen LogP contribution < -0.4 is 5.73 Å². The molecule has 0 rings (SSSR count). The van der Waals surface area contributed by atoms with E-state index < -0.39 is 16.0 Å². The molecule has 0 bridgehead atoms. The SMILES string of the molecule is N=C(N)/C=C/C=C/C([P+](=O)O)=[P+](O)O. The van der Waals surface area contributed by atoms with Gasteiger partial charge in [-0.25, -0.2) is 0 Å². The molecule has 0 heterocycles. The second kappa shape index (κ2) is 6.54. The Morgan fingerprint density at radius 3 is 2.07 bits per heavy atom. The normalized spacial score (nSPS) is 12.1. The topological polar surface area (TPSA) is 128 Å². The molecular weight excluding hydrogens is 226 g/mol. The molecule has 0 aliphatic rings. The van der Waals surface area contributed by atoms with Crippen molar-refractivity contribution in [1.29, 1.82) is 5.41 Å². The lowest BCUT2D eigenvalue weighted by Crippen LogP contribution is -2.03. The molecule has 0 aromatic heterocycles. The van der Waals surface area contributed by atoms with E-state index in [1.54, 1.807) is 0 Å². The van der Waals surface area contributed by atoms with Gasteiger partial charge in [-0.1, -0.05) is 12.2 Å². The molecule has 6 N–H and O–H groups in total. The molecule has 0 saturated heterocycles. The van der Waals surface area contributed by atoms with Crippen molar-refractivity contribution in [2.45, 2.75) is 0 Å². The van der Waals surface area contributed by atoms with E-state index in [-0.39, 0.29) is 10.9 Å². The molecule has 1 atom stereocenters. The lowest BCUT2D eigenvalue weighted by molar-refractivity contribution is 0.504. The molecule has 1 unspecified atom stereocenters. The van der Waals surface area contributed by atoms with Crippen molar-refractivity contribution >= 4 is 26.9 Å². The molecule has 0 aromatic carbocycles. The van der Waals surface area contributed by atoms with Gasteiger partial charge in [0.1, 0.15) is 5.84 Å². The molecule has 0 aliphatic heterocycles. The number of hydrogen-bond donors (Lipinski definition) is 5. The summed E-state index contributed by atoms with van der Waals surface area (Å²) in [6.07, 6.45) is 4.99. The van der Waals surface area contributed by atoms with E-state index in [4.69, 9.17) is 25.8 Å². The number of nitrogens with one attached hydrogen (secondary N) is 1. The van der Waals surface area contributed by atoms with E-state index >= 15 is 0 Å². The minimum Gasteiger partial charge on any atom is -0.384 e. The Bertz CT molecular complexity index is 331. The maximum atomic E-state index is 10.5. The Balaban J connectivity index is 4.57. The number of allylic oxidation sites excluding steroid dienone is 3. The highest BCUT2D eigenvalue weighted by Gasteiger charge is 2.33. The van der Waals surface area contributed by atoms with Crippen molar-refractivity contribution in [3.05, 3.63) is 24.3 Å². The van der Waals surface area contributed by atoms with Crippen LogP contribution in [0.15, 0.2) is 24.3 Å². The van der Waals surface area contributed by atoms with E-state index in [1.165, 1.54) is 18.2 Å². The van der Waals surface area contributed by atoms with Gasteiger partial charge in [-0.3, -0.25) is 5.41 Å². The van der Waals surface area contributed by atoms with Crippen LogP contribution in [0.1, 0.15) is 0 Å². The third-order valence-corrected chi connectivity index (χ3v) is 3.18. The van der Waals surface area contributed by atoms with Crippen LogP contribution in [-0.2, 0) is 4.57 Å². The summed E-state index contributed by atoms with van der Waals surface area (Å²) in [5.74, 6) is -0.167. The fourth-order valence-corrected chi connectivity index (χ4v) is 1.55. The summed E-state index contributed by atoms with van der Waals surface area (Å²) in [5, 5.41) is 6.45. The van der Waals surface area contributed by atoms with Crippen LogP contribution in [0.3, 0.4) is 0 Å². The quantitative estimate of drug-likeness (QED) is 0.206. The van der Waals surface area contributed by atoms with Gasteiger partial charge in [0.05, 0.1) is 0 Å². The van der Waals surface area contributed by atoms with Crippen LogP contribution in [0.2, 0.25) is 0 Å². The fraction of sp³-hybridized carbons (Fsp3) is 0. The molecular formula is C6H10N2O4P2+2. The lowest BCUT2D eigenvalue weighted by atomic mass is 10.4. The average molecular weight is 236 g/mol. The number of rotatable bonds is 4. The minimum atomic E-state index is -2.75. The fourth-order valence-electron chi connectivity index (χ4n) is 0.508. The molecule has 76 valence electrons. The molecule has 8 heteroatoms. The summed E-state index contributed by atoms with van der Waals surface area (Å²) >= 11 is 0. The first-order valence-corrected chi connectivity index (χ1v) is 5.81. The van der Waals surface area contributed by atoms with Crippen molar-refractivity contribution in [3.63, 3.8) is 0 Å². The Morgan fingerprint density at radius 2 is 1.71 bits per heavy atom. The predicted molar refractivity (Wildman–Crippen MR) is 56.4 cm³/mol. The Labute approximate surface area is 82.3 Å². The van der Waals surface area contributed by atoms with Gasteiger partial charge in [-0.2, -0.15) is 14.7 Å². The molecule has 0 saturated carbocycles. The largest absolute Gasteiger partial charge is 0.598 e. The maximum absolute atomic E-state index is 10.5. The number of hydrogen-bond acceptors (Lipinski definition) is 4. The predicted octanol–water partition coefficient (Wildman–Crippen LogP) is 0.196. The zero-order valence-electron chi connectivity index (χ0n) is 7.03. The number of amidine groups is 1. The first-order valence-electron chi connectivity index (χ1n) is 3.35. The van der Waals surface area contributed by atoms with E-state index in [0.29, 0.717) is 0 Å². The van der Waals surface area contributed by atoms with Gasteiger partial charge >= 0.3 is 21.1 Å². The number of nitrogens with two attached hydrogens (primary N) is 1. The van der Waals surface area contributed by atoms with Crippen molar-refractivity contribution in [1.82, 2.24) is 0 Å². The monoisotopic (exact) mass is 236 g/mol. The third kappa shape index (κ3) is 5.70. The second-order valence-corrected chi connectivity index (χ2v) is 4.54. The summed E-state index contributed by atoms with van der Waals surface area (Å²) in [5.41, 5.74) is 4.98. The van der Waals surface area contributed by atoms with Gasteiger partial charge in [0.15, 0.2) is 0 Å². The van der Waals surface area contributed by atoms with E-state index in [0.717, 1.165) is 6.08 Å². The Hall–Kier alpha value is -0.900. The van der Waals surface area contributed by atoms with Gasteiger partial charge in [-0.15, -0.1) is 0 Å². The molecule has 6 nitrogen and oxygen atoms in total. The smallest absolute Gasteiger partial charge is 0.384 e. The Kier molecular flexibility index (Phi) is 6.12. The average Bonchev–Trinajstić information content (AvgIpc) is 2.01. The van der Waals surface area contributed by atoms with Crippen molar-refractivity contribution in [2.24, 2.45) is 5.73 Å². The van der Waals surface area contributed by atoms with Gasteiger partial charge in [0.2, 0.25) is 0 Å². The third-order valence-electron chi connectivity index (χ3n) is 1.03. The first kappa shape index (κ1) is 13.1. The van der Waals surface area contributed by atoms with Crippen molar-refractivity contribution < 1.29 is 19.2 Å². The lowest BCUT2D eigenvalue weighted by Gasteiger charge is -1.78. The van der Waals surface area contributed by atoms with Crippen LogP contribution in [0.5, 0.6) is 0 Å². The van der Waals surface area contributed by atoms with Gasteiger partial charge in [0.25, 0.3) is 0 Å². The highest BCUT2D eigenvalue weighted by molar-refractivity contribution is 7.76. The molecule has 0 spiro atoms. The highest BCUT2D eigenvalue weighted by Crippen LogP contribution is 2.28. The van der Waals surface area contributed by atoms with Gasteiger partial charge in [-0.05, 0) is 10.6 Å². The zero-order valence-corrected chi connectivity index (χ0v) is 8.82. The standard InChI is InChI=1S/C6H9N2O4P2/c7-5(8)3-1-2-4-6(13(9)10)14(11)12/h1-4H,(H5-,7,8,9,10,11,12)/q+1/p+1/b3-1+,4-2+. The molecule has 0 aliphatic carbocycles. The molecule has 0 aromatic rings. The van der Waals surface area contributed by atoms with Crippen LogP contribution >= 0.6 is 16.0 Å². The summed E-state index contributed by atoms with van der Waals surface area (Å²) in [7, 11) is -5.30. The van der Waals surface area contributed by atoms with Crippen LogP contribution in [0.25, 0.3) is 0 Å². The zero-order chi connectivity index (χ0) is 11.1. The van der Waals surface area contributed by atoms with Gasteiger partial charge in [0, 0.05) is 6.08 Å². The molecule has 14 heavy (non-hydrogen) atoms. The van der Waals surface area contributed by atoms with Gasteiger partial charge < -0.3 is 5.73 Å². The second-order valence-electron chi connectivity index (χ2n) is 2.09. The summed E-state index contributed by atoms with van der Waals surface area (Å²) in [4.78, 5) is 26.0. The minimum absolute atomic E-state index is 0.167. The summed E-state index contributed by atoms with van der Waals surface area (Å²) < 4.78 is 10.5. The van der Waals surface area contributed by atoms with Crippen LogP contribution in [-0.4, -0.2) is 25.6 Å². The highest BCUT2D eigenvalue weighted by atomic mass is 31.2. The van der Waals surface area contributed by atoms with Crippen molar-refractivity contribution in [3.8, 4) is 0 Å². The van der Waals surface area contributed by atoms with Crippen LogP contribution in [0, 0.1) is 5.41 Å². The van der Waals surface area contributed by atoms with Crippen molar-refractivity contribution in [2.75, 3.05) is 0 Å². The maximum Gasteiger partial charge on any atom is 0.598 e. The molecule has 0 fully saturated rings. The molecule has 0 radical (unpaired) electrons. The summed E-state index contributed by atoms with van der Waals surface area (Å²) in [6.45, 7) is 0. The summed E-state index contributed by atoms with van der Waals surface area (Å²) in [6, 6.07) is 0. The first-order chi connectivity index (χ1) is 6.45. The van der Waals surface area contributed by atoms with E-state index in [1.807, 2.05) is 0 Å². The van der Waals surface area contributed by atoms with E-state index in [9.17, 15) is 4.57 Å². The van der Waals surface area contributed by atoms with E-state index in [2.05, 4.69) is 0 Å². The van der Waals surface area contributed by atoms with Crippen LogP contribution in [0.4, 0.5) is 0 Å².